The van der Waals surface area contributed by atoms with E-state index in [0.29, 0.717) is 17.9 Å². The van der Waals surface area contributed by atoms with Gasteiger partial charge in [0.25, 0.3) is 0 Å². The summed E-state index contributed by atoms with van der Waals surface area (Å²) in [7, 11) is 0. The van der Waals surface area contributed by atoms with Crippen molar-refractivity contribution in [3.63, 3.8) is 0 Å². The second-order valence-corrected chi connectivity index (χ2v) is 3.70. The highest BCUT2D eigenvalue weighted by Gasteiger charge is 2.01. The minimum Gasteiger partial charge on any atom is -0.486 e. The van der Waals surface area contributed by atoms with E-state index >= 15 is 0 Å². The fourth-order valence-corrected chi connectivity index (χ4v) is 1.27. The Morgan fingerprint density at radius 1 is 1.44 bits per heavy atom. The molecule has 0 aliphatic rings. The van der Waals surface area contributed by atoms with E-state index in [-0.39, 0.29) is 18.3 Å². The van der Waals surface area contributed by atoms with E-state index in [1.165, 1.54) is 0 Å². The van der Waals surface area contributed by atoms with Crippen LogP contribution in [-0.4, -0.2) is 23.6 Å². The van der Waals surface area contributed by atoms with Crippen molar-refractivity contribution in [3.05, 3.63) is 24.3 Å². The zero-order valence-corrected chi connectivity index (χ0v) is 10.2. The molecule has 0 aliphatic carbocycles. The van der Waals surface area contributed by atoms with Crippen molar-refractivity contribution >= 4 is 17.4 Å². The Morgan fingerprint density at radius 3 is 2.67 bits per heavy atom. The van der Waals surface area contributed by atoms with Gasteiger partial charge in [0.2, 0.25) is 5.91 Å². The zero-order chi connectivity index (χ0) is 13.4. The van der Waals surface area contributed by atoms with Crippen LogP contribution in [0.25, 0.3) is 0 Å². The van der Waals surface area contributed by atoms with Crippen LogP contribution in [0, 0.1) is 0 Å². The molecule has 1 rings (SSSR count). The maximum Gasteiger partial charge on any atom is 0.224 e. The molecule has 0 saturated heterocycles. The van der Waals surface area contributed by atoms with Crippen molar-refractivity contribution in [1.82, 2.24) is 0 Å². The van der Waals surface area contributed by atoms with Gasteiger partial charge in [0.15, 0.2) is 5.84 Å². The second-order valence-electron chi connectivity index (χ2n) is 3.70. The molecule has 0 spiro atoms. The molecule has 0 aliphatic heterocycles. The van der Waals surface area contributed by atoms with Gasteiger partial charge in [0.1, 0.15) is 12.4 Å². The molecule has 0 aromatic heterocycles. The Balaban J connectivity index is 2.49. The quantitative estimate of drug-likeness (QED) is 0.309. The molecule has 0 heterocycles. The SMILES string of the molecule is CCCC(=O)Nc1ccc(OCC(N)=NO)cc1. The smallest absolute Gasteiger partial charge is 0.224 e. The first-order chi connectivity index (χ1) is 8.65. The molecule has 18 heavy (non-hydrogen) atoms. The van der Waals surface area contributed by atoms with Gasteiger partial charge in [0.05, 0.1) is 0 Å². The zero-order valence-electron chi connectivity index (χ0n) is 10.2. The van der Waals surface area contributed by atoms with E-state index in [1.54, 1.807) is 24.3 Å². The molecule has 1 aromatic rings. The first kappa shape index (κ1) is 13.8. The standard InChI is InChI=1S/C12H17N3O3/c1-2-3-12(16)14-9-4-6-10(7-5-9)18-8-11(13)15-17/h4-7,17H,2-3,8H2,1H3,(H2,13,15)(H,14,16). The number of carbonyl (C=O) groups is 1. The highest BCUT2D eigenvalue weighted by Crippen LogP contribution is 2.15. The van der Waals surface area contributed by atoms with E-state index in [9.17, 15) is 4.79 Å². The number of rotatable bonds is 6. The second kappa shape index (κ2) is 7.16. The van der Waals surface area contributed by atoms with Gasteiger partial charge >= 0.3 is 0 Å². The maximum atomic E-state index is 11.3. The molecule has 0 fully saturated rings. The predicted molar refractivity (Wildman–Crippen MR) is 68.9 cm³/mol. The number of hydrogen-bond acceptors (Lipinski definition) is 4. The molecule has 1 aromatic carbocycles. The van der Waals surface area contributed by atoms with Crippen LogP contribution in [0.4, 0.5) is 5.69 Å². The average molecular weight is 251 g/mol. The number of anilines is 1. The number of ether oxygens (including phenoxy) is 1. The molecule has 0 bridgehead atoms. The van der Waals surface area contributed by atoms with Crippen molar-refractivity contribution < 1.29 is 14.7 Å². The van der Waals surface area contributed by atoms with Gasteiger partial charge in [-0.2, -0.15) is 0 Å². The fourth-order valence-electron chi connectivity index (χ4n) is 1.27. The lowest BCUT2D eigenvalue weighted by atomic mass is 10.2. The van der Waals surface area contributed by atoms with Crippen molar-refractivity contribution in [3.8, 4) is 5.75 Å². The summed E-state index contributed by atoms with van der Waals surface area (Å²) in [4.78, 5) is 11.3. The maximum absolute atomic E-state index is 11.3. The number of amides is 1. The number of benzene rings is 1. The molecular formula is C12H17N3O3. The van der Waals surface area contributed by atoms with Crippen LogP contribution >= 0.6 is 0 Å². The first-order valence-electron chi connectivity index (χ1n) is 5.64. The summed E-state index contributed by atoms with van der Waals surface area (Å²) in [5.74, 6) is 0.563. The average Bonchev–Trinajstić information content (AvgIpc) is 2.37. The number of oxime groups is 1. The van der Waals surface area contributed by atoms with Gasteiger partial charge in [-0.15, -0.1) is 0 Å². The van der Waals surface area contributed by atoms with Crippen LogP contribution in [0.2, 0.25) is 0 Å². The van der Waals surface area contributed by atoms with Crippen LogP contribution in [0.5, 0.6) is 5.75 Å². The molecule has 0 saturated carbocycles. The molecule has 4 N–H and O–H groups in total. The lowest BCUT2D eigenvalue weighted by Crippen LogP contribution is -2.20. The van der Waals surface area contributed by atoms with Crippen molar-refractivity contribution in [2.45, 2.75) is 19.8 Å². The van der Waals surface area contributed by atoms with E-state index < -0.39 is 0 Å². The molecule has 98 valence electrons. The number of amidine groups is 1. The highest BCUT2D eigenvalue weighted by atomic mass is 16.5. The Morgan fingerprint density at radius 2 is 2.11 bits per heavy atom. The van der Waals surface area contributed by atoms with Crippen LogP contribution < -0.4 is 15.8 Å². The number of carbonyl (C=O) groups excluding carboxylic acids is 1. The molecule has 6 heteroatoms. The minimum atomic E-state index is -0.0113. The van der Waals surface area contributed by atoms with Gasteiger partial charge in [-0.05, 0) is 30.7 Å². The molecule has 6 nitrogen and oxygen atoms in total. The van der Waals surface area contributed by atoms with Crippen LogP contribution in [0.1, 0.15) is 19.8 Å². The minimum absolute atomic E-state index is 0.00433. The summed E-state index contributed by atoms with van der Waals surface area (Å²) >= 11 is 0. The third-order valence-corrected chi connectivity index (χ3v) is 2.13. The van der Waals surface area contributed by atoms with Gasteiger partial charge in [-0.3, -0.25) is 4.79 Å². The first-order valence-corrected chi connectivity index (χ1v) is 5.64. The number of hydrogen-bond donors (Lipinski definition) is 3. The summed E-state index contributed by atoms with van der Waals surface area (Å²) in [6, 6.07) is 6.86. The third kappa shape index (κ3) is 4.73. The molecular weight excluding hydrogens is 234 g/mol. The molecule has 1 amide bonds. The Bertz CT molecular complexity index is 415. The third-order valence-electron chi connectivity index (χ3n) is 2.13. The normalized spacial score (nSPS) is 11.1. The van der Waals surface area contributed by atoms with Gasteiger partial charge in [0, 0.05) is 12.1 Å². The predicted octanol–water partition coefficient (Wildman–Crippen LogP) is 1.55. The Hall–Kier alpha value is -2.24. The fraction of sp³-hybridized carbons (Fsp3) is 0.333. The van der Waals surface area contributed by atoms with Crippen molar-refractivity contribution in [1.29, 1.82) is 0 Å². The number of nitrogens with zero attached hydrogens (tertiary/aromatic N) is 1. The van der Waals surface area contributed by atoms with E-state index in [1.807, 2.05) is 6.92 Å². The van der Waals surface area contributed by atoms with Crippen molar-refractivity contribution in [2.24, 2.45) is 10.9 Å². The van der Waals surface area contributed by atoms with Gasteiger partial charge in [-0.1, -0.05) is 12.1 Å². The molecule has 0 unspecified atom stereocenters. The summed E-state index contributed by atoms with van der Waals surface area (Å²) in [5.41, 5.74) is 5.98. The van der Waals surface area contributed by atoms with Crippen LogP contribution in [0.3, 0.4) is 0 Å². The lowest BCUT2D eigenvalue weighted by molar-refractivity contribution is -0.116. The highest BCUT2D eigenvalue weighted by molar-refractivity contribution is 5.90. The van der Waals surface area contributed by atoms with Gasteiger partial charge < -0.3 is 21.0 Å². The largest absolute Gasteiger partial charge is 0.486 e. The summed E-state index contributed by atoms with van der Waals surface area (Å²) in [6.45, 7) is 1.96. The monoisotopic (exact) mass is 251 g/mol. The van der Waals surface area contributed by atoms with Crippen LogP contribution in [-0.2, 0) is 4.79 Å². The number of nitrogens with one attached hydrogen (secondary N) is 1. The van der Waals surface area contributed by atoms with E-state index in [2.05, 4.69) is 10.5 Å². The lowest BCUT2D eigenvalue weighted by Gasteiger charge is -2.07. The van der Waals surface area contributed by atoms with Gasteiger partial charge in [-0.25, -0.2) is 0 Å². The topological polar surface area (TPSA) is 96.9 Å². The van der Waals surface area contributed by atoms with E-state index in [4.69, 9.17) is 15.7 Å². The summed E-state index contributed by atoms with van der Waals surface area (Å²) < 4.78 is 5.24. The Labute approximate surface area is 105 Å². The molecule has 0 radical (unpaired) electrons. The van der Waals surface area contributed by atoms with Crippen LogP contribution in [0.15, 0.2) is 29.4 Å². The summed E-state index contributed by atoms with van der Waals surface area (Å²) in [5, 5.41) is 13.9. The van der Waals surface area contributed by atoms with E-state index in [0.717, 1.165) is 6.42 Å². The van der Waals surface area contributed by atoms with Crippen molar-refractivity contribution in [2.75, 3.05) is 11.9 Å². The number of nitrogens with two attached hydrogens (primary N) is 1. The summed E-state index contributed by atoms with van der Waals surface area (Å²) in [6.07, 6.45) is 1.31. The Kier molecular flexibility index (Phi) is 5.50. The molecule has 0 atom stereocenters.